The molecule has 0 radical (unpaired) electrons. The van der Waals surface area contributed by atoms with E-state index in [1.165, 1.54) is 11.3 Å². The SMILES string of the molecule is O=C(Nc1cccc2cnccc12)c1cc(Br)c(Br)s1. The number of fused-ring (bicyclic) bond motifs is 1. The molecular formula is C14H8Br2N2OS. The molecule has 0 spiro atoms. The fourth-order valence-electron chi connectivity index (χ4n) is 1.87. The highest BCUT2D eigenvalue weighted by molar-refractivity contribution is 9.13. The second-order valence-corrected chi connectivity index (χ2v) is 7.31. The van der Waals surface area contributed by atoms with Crippen LogP contribution in [0.4, 0.5) is 5.69 Å². The fraction of sp³-hybridized carbons (Fsp3) is 0. The van der Waals surface area contributed by atoms with Crippen LogP contribution >= 0.6 is 43.2 Å². The maximum Gasteiger partial charge on any atom is 0.265 e. The summed E-state index contributed by atoms with van der Waals surface area (Å²) >= 11 is 8.17. The normalized spacial score (nSPS) is 10.7. The second kappa shape index (κ2) is 5.63. The summed E-state index contributed by atoms with van der Waals surface area (Å²) < 4.78 is 1.79. The summed E-state index contributed by atoms with van der Waals surface area (Å²) in [6.45, 7) is 0. The Morgan fingerprint density at radius 3 is 2.85 bits per heavy atom. The molecule has 3 nitrogen and oxygen atoms in total. The third kappa shape index (κ3) is 2.63. The van der Waals surface area contributed by atoms with E-state index in [1.54, 1.807) is 18.5 Å². The standard InChI is InChI=1S/C14H8Br2N2OS/c15-10-6-12(20-13(10)16)14(19)18-11-3-1-2-8-7-17-5-4-9(8)11/h1-7H,(H,18,19). The molecule has 0 aliphatic rings. The van der Waals surface area contributed by atoms with Gasteiger partial charge in [0.1, 0.15) is 0 Å². The molecule has 3 aromatic rings. The maximum absolute atomic E-state index is 12.3. The second-order valence-electron chi connectivity index (χ2n) is 4.09. The Morgan fingerprint density at radius 2 is 2.10 bits per heavy atom. The molecule has 20 heavy (non-hydrogen) atoms. The lowest BCUT2D eigenvalue weighted by molar-refractivity contribution is 0.103. The highest BCUT2D eigenvalue weighted by Gasteiger charge is 2.13. The van der Waals surface area contributed by atoms with Gasteiger partial charge < -0.3 is 5.32 Å². The fourth-order valence-corrected chi connectivity index (χ4v) is 3.80. The minimum atomic E-state index is -0.120. The molecule has 1 amide bonds. The Labute approximate surface area is 136 Å². The number of aromatic nitrogens is 1. The van der Waals surface area contributed by atoms with E-state index in [9.17, 15) is 4.79 Å². The zero-order valence-corrected chi connectivity index (χ0v) is 14.0. The molecule has 2 heterocycles. The van der Waals surface area contributed by atoms with Crippen LogP contribution in [-0.4, -0.2) is 10.9 Å². The summed E-state index contributed by atoms with van der Waals surface area (Å²) in [6, 6.07) is 9.45. The van der Waals surface area contributed by atoms with E-state index >= 15 is 0 Å². The Bertz CT molecular complexity index is 776. The van der Waals surface area contributed by atoms with E-state index in [4.69, 9.17) is 0 Å². The van der Waals surface area contributed by atoms with Gasteiger partial charge in [0.05, 0.1) is 8.66 Å². The number of nitrogens with one attached hydrogen (secondary N) is 1. The highest BCUT2D eigenvalue weighted by Crippen LogP contribution is 2.33. The molecule has 0 aliphatic carbocycles. The van der Waals surface area contributed by atoms with Crippen LogP contribution in [0.1, 0.15) is 9.67 Å². The largest absolute Gasteiger partial charge is 0.321 e. The highest BCUT2D eigenvalue weighted by atomic mass is 79.9. The Balaban J connectivity index is 1.95. The number of thiophene rings is 1. The third-order valence-electron chi connectivity index (χ3n) is 2.80. The van der Waals surface area contributed by atoms with Gasteiger partial charge in [-0.25, -0.2) is 0 Å². The molecule has 1 aromatic carbocycles. The minimum absolute atomic E-state index is 0.120. The van der Waals surface area contributed by atoms with Crippen LogP contribution in [0.5, 0.6) is 0 Å². The van der Waals surface area contributed by atoms with Crippen molar-refractivity contribution in [3.05, 3.63) is 55.9 Å². The van der Waals surface area contributed by atoms with Crippen LogP contribution in [0.25, 0.3) is 10.8 Å². The van der Waals surface area contributed by atoms with Crippen molar-refractivity contribution in [2.24, 2.45) is 0 Å². The van der Waals surface area contributed by atoms with Crippen molar-refractivity contribution >= 4 is 65.6 Å². The van der Waals surface area contributed by atoms with E-state index in [-0.39, 0.29) is 5.91 Å². The monoisotopic (exact) mass is 410 g/mol. The van der Waals surface area contributed by atoms with Gasteiger partial charge in [-0.05, 0) is 50.1 Å². The van der Waals surface area contributed by atoms with Gasteiger partial charge in [-0.15, -0.1) is 11.3 Å². The van der Waals surface area contributed by atoms with E-state index < -0.39 is 0 Å². The van der Waals surface area contributed by atoms with Gasteiger partial charge in [0, 0.05) is 33.3 Å². The van der Waals surface area contributed by atoms with Crippen molar-refractivity contribution in [3.63, 3.8) is 0 Å². The van der Waals surface area contributed by atoms with Gasteiger partial charge in [0.2, 0.25) is 0 Å². The topological polar surface area (TPSA) is 42.0 Å². The molecule has 6 heteroatoms. The van der Waals surface area contributed by atoms with Crippen molar-refractivity contribution in [3.8, 4) is 0 Å². The smallest absolute Gasteiger partial charge is 0.265 e. The van der Waals surface area contributed by atoms with Crippen molar-refractivity contribution < 1.29 is 4.79 Å². The molecule has 0 saturated heterocycles. The number of pyridine rings is 1. The first-order valence-electron chi connectivity index (χ1n) is 5.74. The number of amides is 1. The quantitative estimate of drug-likeness (QED) is 0.639. The lowest BCUT2D eigenvalue weighted by atomic mass is 10.1. The van der Waals surface area contributed by atoms with Crippen molar-refractivity contribution in [1.82, 2.24) is 4.98 Å². The van der Waals surface area contributed by atoms with Crippen molar-refractivity contribution in [2.45, 2.75) is 0 Å². The molecule has 2 aromatic heterocycles. The molecule has 0 atom stereocenters. The van der Waals surface area contributed by atoms with Gasteiger partial charge in [0.25, 0.3) is 5.91 Å². The number of carbonyl (C=O) groups is 1. The molecule has 0 aliphatic heterocycles. The molecule has 1 N–H and O–H groups in total. The van der Waals surface area contributed by atoms with E-state index in [1.807, 2.05) is 24.3 Å². The summed E-state index contributed by atoms with van der Waals surface area (Å²) in [5.41, 5.74) is 0.788. The van der Waals surface area contributed by atoms with E-state index in [0.29, 0.717) is 4.88 Å². The van der Waals surface area contributed by atoms with Gasteiger partial charge in [-0.3, -0.25) is 9.78 Å². The average molecular weight is 412 g/mol. The van der Waals surface area contributed by atoms with Crippen LogP contribution in [0.2, 0.25) is 0 Å². The summed E-state index contributed by atoms with van der Waals surface area (Å²) in [5, 5.41) is 4.92. The zero-order chi connectivity index (χ0) is 14.1. The number of halogens is 2. The minimum Gasteiger partial charge on any atom is -0.321 e. The number of rotatable bonds is 2. The molecule has 0 bridgehead atoms. The van der Waals surface area contributed by atoms with Crippen LogP contribution in [0.3, 0.4) is 0 Å². The van der Waals surface area contributed by atoms with Crippen LogP contribution in [-0.2, 0) is 0 Å². The first-order valence-corrected chi connectivity index (χ1v) is 8.14. The number of nitrogens with zero attached hydrogens (tertiary/aromatic N) is 1. The van der Waals surface area contributed by atoms with Gasteiger partial charge in [0.15, 0.2) is 0 Å². The van der Waals surface area contributed by atoms with Crippen LogP contribution < -0.4 is 5.32 Å². The van der Waals surface area contributed by atoms with Gasteiger partial charge in [-0.2, -0.15) is 0 Å². The van der Waals surface area contributed by atoms with Gasteiger partial charge in [-0.1, -0.05) is 12.1 Å². The molecule has 0 fully saturated rings. The van der Waals surface area contributed by atoms with Crippen molar-refractivity contribution in [2.75, 3.05) is 5.32 Å². The van der Waals surface area contributed by atoms with E-state index in [2.05, 4.69) is 42.2 Å². The molecular weight excluding hydrogens is 404 g/mol. The van der Waals surface area contributed by atoms with Crippen LogP contribution in [0.15, 0.2) is 51.0 Å². The lowest BCUT2D eigenvalue weighted by Gasteiger charge is -2.07. The third-order valence-corrected chi connectivity index (χ3v) is 6.05. The van der Waals surface area contributed by atoms with Crippen molar-refractivity contribution in [1.29, 1.82) is 0 Å². The van der Waals surface area contributed by atoms with Gasteiger partial charge >= 0.3 is 0 Å². The summed E-state index contributed by atoms with van der Waals surface area (Å²) in [5.74, 6) is -0.120. The number of hydrogen-bond donors (Lipinski definition) is 1. The predicted octanol–water partition coefficient (Wildman–Crippen LogP) is 5.07. The average Bonchev–Trinajstić information content (AvgIpc) is 2.79. The zero-order valence-electron chi connectivity index (χ0n) is 10.1. The maximum atomic E-state index is 12.3. The summed E-state index contributed by atoms with van der Waals surface area (Å²) in [6.07, 6.45) is 3.50. The summed E-state index contributed by atoms with van der Waals surface area (Å²) in [4.78, 5) is 17.0. The Hall–Kier alpha value is -1.24. The Kier molecular flexibility index (Phi) is 3.87. The molecule has 0 saturated carbocycles. The molecule has 100 valence electrons. The first-order chi connectivity index (χ1) is 9.65. The summed E-state index contributed by atoms with van der Waals surface area (Å²) in [7, 11) is 0. The number of benzene rings is 1. The number of hydrogen-bond acceptors (Lipinski definition) is 3. The number of carbonyl (C=O) groups excluding carboxylic acids is 1. The lowest BCUT2D eigenvalue weighted by Crippen LogP contribution is -2.10. The molecule has 3 rings (SSSR count). The van der Waals surface area contributed by atoms with E-state index in [0.717, 1.165) is 24.7 Å². The van der Waals surface area contributed by atoms with Crippen LogP contribution in [0, 0.1) is 0 Å². The number of anilines is 1. The molecule has 0 unspecified atom stereocenters. The Morgan fingerprint density at radius 1 is 1.25 bits per heavy atom. The first kappa shape index (κ1) is 13.7. The predicted molar refractivity (Wildman–Crippen MR) is 89.4 cm³/mol.